The van der Waals surface area contributed by atoms with Crippen molar-refractivity contribution < 1.29 is 8.42 Å². The van der Waals surface area contributed by atoms with Gasteiger partial charge in [-0.05, 0) is 25.5 Å². The average Bonchev–Trinajstić information content (AvgIpc) is 3.12. The Hall–Kier alpha value is -1.88. The highest BCUT2D eigenvalue weighted by atomic mass is 32.2. The molecule has 0 spiro atoms. The first-order valence-corrected chi connectivity index (χ1v) is 7.86. The van der Waals surface area contributed by atoms with Gasteiger partial charge in [-0.15, -0.1) is 6.58 Å². The highest BCUT2D eigenvalue weighted by Crippen LogP contribution is 2.38. The van der Waals surface area contributed by atoms with Gasteiger partial charge in [0.15, 0.2) is 0 Å². The van der Waals surface area contributed by atoms with E-state index in [-0.39, 0.29) is 10.8 Å². The Morgan fingerprint density at radius 1 is 1.45 bits per heavy atom. The van der Waals surface area contributed by atoms with Crippen LogP contribution >= 0.6 is 0 Å². The topological polar surface area (TPSA) is 58.5 Å². The normalized spacial score (nSPS) is 18.8. The van der Waals surface area contributed by atoms with Crippen molar-refractivity contribution in [3.63, 3.8) is 0 Å². The molecule has 1 aromatic carbocycles. The van der Waals surface area contributed by atoms with Crippen molar-refractivity contribution in [1.82, 2.24) is 4.83 Å². The number of hydrogen-bond acceptors (Lipinski definition) is 3. The van der Waals surface area contributed by atoms with Gasteiger partial charge in [-0.1, -0.05) is 35.9 Å². The molecule has 0 aliphatic heterocycles. The van der Waals surface area contributed by atoms with Crippen LogP contribution in [0.5, 0.6) is 0 Å². The number of allylic oxidation sites excluding steroid dienone is 2. The quantitative estimate of drug-likeness (QED) is 0.497. The summed E-state index contributed by atoms with van der Waals surface area (Å²) in [5.41, 5.74) is 2.86. The fraction of sp³-hybridized carbons (Fsp3) is 0.267. The van der Waals surface area contributed by atoms with Crippen molar-refractivity contribution in [2.75, 3.05) is 0 Å². The van der Waals surface area contributed by atoms with E-state index in [9.17, 15) is 8.42 Å². The number of nitrogens with zero attached hydrogens (tertiary/aromatic N) is 1. The summed E-state index contributed by atoms with van der Waals surface area (Å²) in [7, 11) is -3.62. The van der Waals surface area contributed by atoms with E-state index >= 15 is 0 Å². The summed E-state index contributed by atoms with van der Waals surface area (Å²) in [6.07, 6.45) is 3.14. The van der Waals surface area contributed by atoms with Gasteiger partial charge >= 0.3 is 0 Å². The van der Waals surface area contributed by atoms with Crippen molar-refractivity contribution in [3.8, 4) is 0 Å². The molecule has 5 heteroatoms. The summed E-state index contributed by atoms with van der Waals surface area (Å²) in [6.45, 7) is 9.44. The Kier molecular flexibility index (Phi) is 4.09. The van der Waals surface area contributed by atoms with Gasteiger partial charge in [-0.2, -0.15) is 13.5 Å². The van der Waals surface area contributed by atoms with Crippen molar-refractivity contribution in [1.29, 1.82) is 0 Å². The van der Waals surface area contributed by atoms with Crippen molar-refractivity contribution in [3.05, 3.63) is 54.6 Å². The molecule has 0 heterocycles. The lowest BCUT2D eigenvalue weighted by Crippen LogP contribution is -2.20. The standard InChI is InChI=1S/C15H18N2O2S/c1-4-5-15(14-10-12(14)3)16-17-20(18,19)13-8-6-11(2)7-9-13/h4,6-9,14,17H,1,3,5,10H2,2H3/b16-15+. The molecule has 1 aromatic rings. The predicted octanol–water partition coefficient (Wildman–Crippen LogP) is 2.78. The van der Waals surface area contributed by atoms with Crippen LogP contribution in [0.25, 0.3) is 0 Å². The molecule has 1 saturated carbocycles. The Bertz CT molecular complexity index is 658. The number of sulfonamides is 1. The minimum Gasteiger partial charge on any atom is -0.200 e. The van der Waals surface area contributed by atoms with Crippen molar-refractivity contribution in [2.24, 2.45) is 11.0 Å². The zero-order valence-corrected chi connectivity index (χ0v) is 12.3. The zero-order valence-electron chi connectivity index (χ0n) is 11.5. The Morgan fingerprint density at radius 3 is 2.55 bits per heavy atom. The third kappa shape index (κ3) is 3.36. The molecule has 0 bridgehead atoms. The minimum absolute atomic E-state index is 0.189. The van der Waals surface area contributed by atoms with Crippen LogP contribution in [0.15, 0.2) is 59.1 Å². The van der Waals surface area contributed by atoms with Gasteiger partial charge in [0, 0.05) is 12.3 Å². The lowest BCUT2D eigenvalue weighted by atomic mass is 10.2. The zero-order chi connectivity index (χ0) is 14.8. The molecule has 1 aliphatic rings. The molecular weight excluding hydrogens is 272 g/mol. The van der Waals surface area contributed by atoms with E-state index in [1.54, 1.807) is 30.3 Å². The van der Waals surface area contributed by atoms with Crippen LogP contribution in [0.2, 0.25) is 0 Å². The molecule has 1 atom stereocenters. The second-order valence-electron chi connectivity index (χ2n) is 4.92. The van der Waals surface area contributed by atoms with Crippen LogP contribution in [0.1, 0.15) is 18.4 Å². The van der Waals surface area contributed by atoms with E-state index in [2.05, 4.69) is 23.1 Å². The maximum atomic E-state index is 12.1. The fourth-order valence-corrected chi connectivity index (χ4v) is 2.70. The molecule has 0 amide bonds. The smallest absolute Gasteiger partial charge is 0.200 e. The average molecular weight is 290 g/mol. The maximum absolute atomic E-state index is 12.1. The Balaban J connectivity index is 2.16. The summed E-state index contributed by atoms with van der Waals surface area (Å²) in [6, 6.07) is 6.64. The van der Waals surface area contributed by atoms with Crippen LogP contribution in [0.4, 0.5) is 0 Å². The molecule has 2 rings (SSSR count). The van der Waals surface area contributed by atoms with Gasteiger partial charge in [-0.3, -0.25) is 0 Å². The highest BCUT2D eigenvalue weighted by Gasteiger charge is 2.32. The minimum atomic E-state index is -3.62. The van der Waals surface area contributed by atoms with Gasteiger partial charge in [0.2, 0.25) is 0 Å². The van der Waals surface area contributed by atoms with Gasteiger partial charge in [0.25, 0.3) is 10.0 Å². The van der Waals surface area contributed by atoms with Gasteiger partial charge < -0.3 is 0 Å². The van der Waals surface area contributed by atoms with Crippen molar-refractivity contribution >= 4 is 15.7 Å². The van der Waals surface area contributed by atoms with Gasteiger partial charge in [-0.25, -0.2) is 4.83 Å². The lowest BCUT2D eigenvalue weighted by molar-refractivity contribution is 0.584. The van der Waals surface area contributed by atoms with E-state index < -0.39 is 10.0 Å². The highest BCUT2D eigenvalue weighted by molar-refractivity contribution is 7.89. The van der Waals surface area contributed by atoms with Gasteiger partial charge in [0.05, 0.1) is 10.6 Å². The van der Waals surface area contributed by atoms with Crippen LogP contribution in [-0.2, 0) is 10.0 Å². The summed E-state index contributed by atoms with van der Waals surface area (Å²) in [5, 5.41) is 4.04. The third-order valence-corrected chi connectivity index (χ3v) is 4.42. The van der Waals surface area contributed by atoms with Gasteiger partial charge in [0.1, 0.15) is 0 Å². The Morgan fingerprint density at radius 2 is 2.05 bits per heavy atom. The van der Waals surface area contributed by atoms with E-state index in [0.29, 0.717) is 6.42 Å². The molecular formula is C15H18N2O2S. The monoisotopic (exact) mass is 290 g/mol. The van der Waals surface area contributed by atoms with E-state index in [4.69, 9.17) is 0 Å². The van der Waals surface area contributed by atoms with Crippen LogP contribution in [0.3, 0.4) is 0 Å². The first kappa shape index (κ1) is 14.5. The summed E-state index contributed by atoms with van der Waals surface area (Å²) in [4.78, 5) is 2.50. The van der Waals surface area contributed by atoms with Crippen molar-refractivity contribution in [2.45, 2.75) is 24.7 Å². The van der Waals surface area contributed by atoms with E-state index in [1.807, 2.05) is 6.92 Å². The summed E-state index contributed by atoms with van der Waals surface area (Å²) in [5.74, 6) is 0.189. The molecule has 1 N–H and O–H groups in total. The number of rotatable bonds is 6. The fourth-order valence-electron chi connectivity index (χ4n) is 1.86. The summed E-state index contributed by atoms with van der Waals surface area (Å²) < 4.78 is 24.2. The van der Waals surface area contributed by atoms with E-state index in [1.165, 1.54) is 0 Å². The maximum Gasteiger partial charge on any atom is 0.276 e. The molecule has 20 heavy (non-hydrogen) atoms. The molecule has 1 fully saturated rings. The largest absolute Gasteiger partial charge is 0.276 e. The number of benzene rings is 1. The van der Waals surface area contributed by atoms with Crippen LogP contribution < -0.4 is 4.83 Å². The molecule has 0 saturated heterocycles. The molecule has 4 nitrogen and oxygen atoms in total. The van der Waals surface area contributed by atoms with Crippen LogP contribution in [0, 0.1) is 12.8 Å². The molecule has 106 valence electrons. The number of nitrogens with one attached hydrogen (secondary N) is 1. The first-order chi connectivity index (χ1) is 9.44. The Labute approximate surface area is 120 Å². The van der Waals surface area contributed by atoms with E-state index in [0.717, 1.165) is 23.3 Å². The molecule has 0 radical (unpaired) electrons. The SMILES string of the molecule is C=CC/C(=N\NS(=O)(=O)c1ccc(C)cc1)C1CC1=C. The second kappa shape index (κ2) is 5.63. The third-order valence-electron chi connectivity index (χ3n) is 3.20. The second-order valence-corrected chi connectivity index (χ2v) is 6.58. The predicted molar refractivity (Wildman–Crippen MR) is 81.0 cm³/mol. The van der Waals surface area contributed by atoms with Crippen LogP contribution in [-0.4, -0.2) is 14.1 Å². The first-order valence-electron chi connectivity index (χ1n) is 6.37. The molecule has 1 aliphatic carbocycles. The number of aryl methyl sites for hydroxylation is 1. The number of hydrogen-bond donors (Lipinski definition) is 1. The summed E-state index contributed by atoms with van der Waals surface area (Å²) >= 11 is 0. The molecule has 0 aromatic heterocycles. The molecule has 1 unspecified atom stereocenters. The number of hydrazone groups is 1. The lowest BCUT2D eigenvalue weighted by Gasteiger charge is -2.06.